The molecule has 0 bridgehead atoms. The molecule has 114 valence electrons. The molecule has 1 aromatic carbocycles. The van der Waals surface area contributed by atoms with E-state index in [2.05, 4.69) is 69.5 Å². The fraction of sp³-hybridized carbons (Fsp3) is 0.667. The highest BCUT2D eigenvalue weighted by Crippen LogP contribution is 2.25. The largest absolute Gasteiger partial charge is 0.316 e. The van der Waals surface area contributed by atoms with E-state index in [4.69, 9.17) is 0 Å². The summed E-state index contributed by atoms with van der Waals surface area (Å²) in [5, 5.41) is 7.04. The van der Waals surface area contributed by atoms with Gasteiger partial charge in [-0.15, -0.1) is 0 Å². The van der Waals surface area contributed by atoms with Crippen LogP contribution >= 0.6 is 0 Å². The van der Waals surface area contributed by atoms with Crippen molar-refractivity contribution in [3.05, 3.63) is 35.4 Å². The lowest BCUT2D eigenvalue weighted by Gasteiger charge is -2.23. The molecule has 0 unspecified atom stereocenters. The fourth-order valence-corrected chi connectivity index (χ4v) is 2.36. The summed E-state index contributed by atoms with van der Waals surface area (Å²) in [6.45, 7) is 15.6. The van der Waals surface area contributed by atoms with Crippen LogP contribution < -0.4 is 10.6 Å². The molecule has 1 rings (SSSR count). The summed E-state index contributed by atoms with van der Waals surface area (Å²) in [7, 11) is 0. The first kappa shape index (κ1) is 17.2. The summed E-state index contributed by atoms with van der Waals surface area (Å²) < 4.78 is 0. The van der Waals surface area contributed by atoms with Gasteiger partial charge in [0.2, 0.25) is 0 Å². The van der Waals surface area contributed by atoms with Crippen molar-refractivity contribution in [1.29, 1.82) is 0 Å². The van der Waals surface area contributed by atoms with Crippen LogP contribution in [0.3, 0.4) is 0 Å². The maximum Gasteiger partial charge on any atom is 0.0208 e. The summed E-state index contributed by atoms with van der Waals surface area (Å²) in [5.74, 6) is 0.738. The molecule has 0 amide bonds. The molecule has 2 N–H and O–H groups in total. The van der Waals surface area contributed by atoms with E-state index in [0.717, 1.165) is 32.1 Å². The van der Waals surface area contributed by atoms with E-state index in [1.165, 1.54) is 17.5 Å². The van der Waals surface area contributed by atoms with E-state index >= 15 is 0 Å². The predicted octanol–water partition coefficient (Wildman–Crippen LogP) is 3.71. The van der Waals surface area contributed by atoms with Crippen molar-refractivity contribution in [2.75, 3.05) is 19.6 Å². The number of hydrogen-bond donors (Lipinski definition) is 2. The molecule has 0 aliphatic carbocycles. The number of rotatable bonds is 8. The van der Waals surface area contributed by atoms with E-state index in [-0.39, 0.29) is 5.41 Å². The maximum absolute atomic E-state index is 3.56. The summed E-state index contributed by atoms with van der Waals surface area (Å²) in [4.78, 5) is 0. The zero-order chi connectivity index (χ0) is 15.0. The molecular formula is C18H32N2. The van der Waals surface area contributed by atoms with Gasteiger partial charge in [0.15, 0.2) is 0 Å². The van der Waals surface area contributed by atoms with Gasteiger partial charge in [-0.3, -0.25) is 0 Å². The Morgan fingerprint density at radius 3 is 2.30 bits per heavy atom. The second-order valence-electron chi connectivity index (χ2n) is 7.04. The summed E-state index contributed by atoms with van der Waals surface area (Å²) in [5.41, 5.74) is 3.09. The van der Waals surface area contributed by atoms with Crippen LogP contribution in [0.25, 0.3) is 0 Å². The molecule has 0 saturated heterocycles. The predicted molar refractivity (Wildman–Crippen MR) is 89.2 cm³/mol. The van der Waals surface area contributed by atoms with Crippen molar-refractivity contribution in [2.45, 2.75) is 53.0 Å². The fourth-order valence-electron chi connectivity index (χ4n) is 2.36. The van der Waals surface area contributed by atoms with Crippen LogP contribution in [-0.4, -0.2) is 19.6 Å². The zero-order valence-electron chi connectivity index (χ0n) is 13.9. The van der Waals surface area contributed by atoms with Crippen LogP contribution in [0, 0.1) is 5.92 Å². The van der Waals surface area contributed by atoms with E-state index in [1.54, 1.807) is 0 Å². The monoisotopic (exact) mass is 276 g/mol. The van der Waals surface area contributed by atoms with Crippen LogP contribution in [0.2, 0.25) is 0 Å². The van der Waals surface area contributed by atoms with Gasteiger partial charge in [0.25, 0.3) is 0 Å². The minimum atomic E-state index is 0.219. The van der Waals surface area contributed by atoms with Gasteiger partial charge in [0.1, 0.15) is 0 Å². The topological polar surface area (TPSA) is 24.1 Å². The molecule has 0 saturated carbocycles. The third-order valence-corrected chi connectivity index (χ3v) is 3.40. The van der Waals surface area contributed by atoms with Crippen LogP contribution in [0.1, 0.15) is 52.2 Å². The third kappa shape index (κ3) is 6.53. The molecule has 2 heteroatoms. The SMILES string of the molecule is CC(C)CNCCCNCc1ccccc1C(C)(C)C. The Kier molecular flexibility index (Phi) is 7.25. The summed E-state index contributed by atoms with van der Waals surface area (Å²) in [6.07, 6.45) is 1.18. The lowest BCUT2D eigenvalue weighted by Crippen LogP contribution is -2.25. The quantitative estimate of drug-likeness (QED) is 0.707. The van der Waals surface area contributed by atoms with E-state index in [0.29, 0.717) is 0 Å². The summed E-state index contributed by atoms with van der Waals surface area (Å²) in [6, 6.07) is 8.77. The van der Waals surface area contributed by atoms with Gasteiger partial charge in [0.05, 0.1) is 0 Å². The lowest BCUT2D eigenvalue weighted by atomic mass is 9.84. The van der Waals surface area contributed by atoms with E-state index in [9.17, 15) is 0 Å². The minimum Gasteiger partial charge on any atom is -0.316 e. The van der Waals surface area contributed by atoms with Crippen LogP contribution in [-0.2, 0) is 12.0 Å². The number of nitrogens with one attached hydrogen (secondary N) is 2. The Morgan fingerprint density at radius 2 is 1.65 bits per heavy atom. The average molecular weight is 276 g/mol. The van der Waals surface area contributed by atoms with E-state index < -0.39 is 0 Å². The van der Waals surface area contributed by atoms with Crippen molar-refractivity contribution >= 4 is 0 Å². The van der Waals surface area contributed by atoms with Crippen LogP contribution in [0.4, 0.5) is 0 Å². The molecule has 2 nitrogen and oxygen atoms in total. The van der Waals surface area contributed by atoms with Crippen molar-refractivity contribution in [1.82, 2.24) is 10.6 Å². The molecule has 0 aliphatic rings. The molecule has 0 aromatic heterocycles. The first-order valence-corrected chi connectivity index (χ1v) is 7.91. The Balaban J connectivity index is 2.29. The zero-order valence-corrected chi connectivity index (χ0v) is 13.9. The first-order chi connectivity index (χ1) is 9.41. The van der Waals surface area contributed by atoms with Gasteiger partial charge in [-0.05, 0) is 48.5 Å². The average Bonchev–Trinajstić information content (AvgIpc) is 2.36. The molecule has 0 atom stereocenters. The molecule has 0 radical (unpaired) electrons. The van der Waals surface area contributed by atoms with Gasteiger partial charge < -0.3 is 10.6 Å². The molecule has 0 aliphatic heterocycles. The third-order valence-electron chi connectivity index (χ3n) is 3.40. The highest BCUT2D eigenvalue weighted by Gasteiger charge is 2.16. The highest BCUT2D eigenvalue weighted by molar-refractivity contribution is 5.32. The highest BCUT2D eigenvalue weighted by atomic mass is 14.9. The van der Waals surface area contributed by atoms with Crippen LogP contribution in [0.15, 0.2) is 24.3 Å². The van der Waals surface area contributed by atoms with E-state index in [1.807, 2.05) is 0 Å². The normalized spacial score (nSPS) is 12.1. The second-order valence-corrected chi connectivity index (χ2v) is 7.04. The molecular weight excluding hydrogens is 244 g/mol. The molecule has 0 spiro atoms. The molecule has 1 aromatic rings. The van der Waals surface area contributed by atoms with Gasteiger partial charge in [-0.1, -0.05) is 58.9 Å². The van der Waals surface area contributed by atoms with Gasteiger partial charge >= 0.3 is 0 Å². The Labute approximate surface area is 125 Å². The maximum atomic E-state index is 3.56. The van der Waals surface area contributed by atoms with Crippen molar-refractivity contribution in [2.24, 2.45) is 5.92 Å². The van der Waals surface area contributed by atoms with Gasteiger partial charge in [-0.25, -0.2) is 0 Å². The minimum absolute atomic E-state index is 0.219. The van der Waals surface area contributed by atoms with Crippen molar-refractivity contribution in [3.8, 4) is 0 Å². The molecule has 20 heavy (non-hydrogen) atoms. The Bertz CT molecular complexity index is 377. The smallest absolute Gasteiger partial charge is 0.0208 e. The van der Waals surface area contributed by atoms with Crippen molar-refractivity contribution < 1.29 is 0 Å². The van der Waals surface area contributed by atoms with Gasteiger partial charge in [-0.2, -0.15) is 0 Å². The standard InChI is InChI=1S/C18H32N2/c1-15(2)13-19-11-8-12-20-14-16-9-6-7-10-17(16)18(3,4)5/h6-7,9-10,15,19-20H,8,11-14H2,1-5H3. The Hall–Kier alpha value is -0.860. The second kappa shape index (κ2) is 8.43. The number of hydrogen-bond acceptors (Lipinski definition) is 2. The summed E-state index contributed by atoms with van der Waals surface area (Å²) >= 11 is 0. The van der Waals surface area contributed by atoms with Gasteiger partial charge in [0, 0.05) is 6.54 Å². The Morgan fingerprint density at radius 1 is 1.00 bits per heavy atom. The number of benzene rings is 1. The molecule has 0 heterocycles. The van der Waals surface area contributed by atoms with Crippen molar-refractivity contribution in [3.63, 3.8) is 0 Å². The first-order valence-electron chi connectivity index (χ1n) is 7.91. The molecule has 0 fully saturated rings. The van der Waals surface area contributed by atoms with Crippen LogP contribution in [0.5, 0.6) is 0 Å². The lowest BCUT2D eigenvalue weighted by molar-refractivity contribution is 0.527.